The van der Waals surface area contributed by atoms with Crippen LogP contribution in [0.25, 0.3) is 0 Å². The van der Waals surface area contributed by atoms with E-state index in [0.717, 1.165) is 12.1 Å². The molecule has 7 heteroatoms. The molecule has 2 rings (SSSR count). The van der Waals surface area contributed by atoms with Crippen molar-refractivity contribution in [2.24, 2.45) is 0 Å². The fourth-order valence-corrected chi connectivity index (χ4v) is 1.94. The Hall–Kier alpha value is -2.20. The summed E-state index contributed by atoms with van der Waals surface area (Å²) in [4.78, 5) is 0. The number of hydrogen-bond acceptors (Lipinski definition) is 3. The lowest BCUT2D eigenvalue weighted by atomic mass is 10.2. The quantitative estimate of drug-likeness (QED) is 0.775. The molecule has 0 spiro atoms. The van der Waals surface area contributed by atoms with E-state index in [9.17, 15) is 13.2 Å². The first-order chi connectivity index (χ1) is 9.87. The van der Waals surface area contributed by atoms with Gasteiger partial charge in [-0.05, 0) is 58.4 Å². The molecule has 0 heterocycles. The first kappa shape index (κ1) is 15.2. The maximum atomic E-state index is 12.0. The number of ether oxygens (including phenoxy) is 2. The van der Waals surface area contributed by atoms with Crippen LogP contribution in [0.1, 0.15) is 5.56 Å². The third kappa shape index (κ3) is 4.39. The molecule has 0 bridgehead atoms. The van der Waals surface area contributed by atoms with Crippen LogP contribution in [0.3, 0.4) is 0 Å². The Morgan fingerprint density at radius 1 is 0.952 bits per heavy atom. The van der Waals surface area contributed by atoms with Gasteiger partial charge in [-0.25, -0.2) is 0 Å². The molecule has 0 aliphatic heterocycles. The molecular formula is C14H7BrF3NO2. The Kier molecular flexibility index (Phi) is 4.38. The monoisotopic (exact) mass is 357 g/mol. The van der Waals surface area contributed by atoms with Gasteiger partial charge in [-0.15, -0.1) is 13.2 Å². The van der Waals surface area contributed by atoms with Crippen LogP contribution in [0.15, 0.2) is 46.9 Å². The largest absolute Gasteiger partial charge is 0.573 e. The highest BCUT2D eigenvalue weighted by Gasteiger charge is 2.30. The van der Waals surface area contributed by atoms with Gasteiger partial charge < -0.3 is 9.47 Å². The van der Waals surface area contributed by atoms with E-state index in [1.54, 1.807) is 18.2 Å². The average Bonchev–Trinajstić information content (AvgIpc) is 2.40. The van der Waals surface area contributed by atoms with Crippen molar-refractivity contribution in [1.29, 1.82) is 5.26 Å². The van der Waals surface area contributed by atoms with Crippen molar-refractivity contribution in [2.75, 3.05) is 0 Å². The summed E-state index contributed by atoms with van der Waals surface area (Å²) in [6.07, 6.45) is -4.72. The average molecular weight is 358 g/mol. The Bertz CT molecular complexity index is 678. The van der Waals surface area contributed by atoms with Crippen LogP contribution in [0.5, 0.6) is 17.2 Å². The van der Waals surface area contributed by atoms with Crippen molar-refractivity contribution in [3.8, 4) is 23.3 Å². The normalized spacial score (nSPS) is 10.8. The molecule has 0 fully saturated rings. The van der Waals surface area contributed by atoms with Crippen molar-refractivity contribution in [3.63, 3.8) is 0 Å². The molecule has 0 N–H and O–H groups in total. The van der Waals surface area contributed by atoms with Gasteiger partial charge in [0.1, 0.15) is 23.3 Å². The topological polar surface area (TPSA) is 42.2 Å². The maximum absolute atomic E-state index is 12.0. The summed E-state index contributed by atoms with van der Waals surface area (Å²) in [5, 5.41) is 8.80. The minimum absolute atomic E-state index is 0.323. The Morgan fingerprint density at radius 3 is 2.05 bits per heavy atom. The van der Waals surface area contributed by atoms with E-state index in [-0.39, 0.29) is 5.75 Å². The van der Waals surface area contributed by atoms with Crippen LogP contribution in [-0.4, -0.2) is 6.36 Å². The number of nitriles is 1. The van der Waals surface area contributed by atoms with Crippen LogP contribution < -0.4 is 9.47 Å². The van der Waals surface area contributed by atoms with E-state index in [2.05, 4.69) is 20.7 Å². The van der Waals surface area contributed by atoms with Gasteiger partial charge in [0.2, 0.25) is 0 Å². The van der Waals surface area contributed by atoms with E-state index in [0.29, 0.717) is 21.5 Å². The molecule has 0 aliphatic carbocycles. The molecule has 2 aromatic rings. The van der Waals surface area contributed by atoms with Gasteiger partial charge in [0.15, 0.2) is 0 Å². The molecular weight excluding hydrogens is 351 g/mol. The summed E-state index contributed by atoms with van der Waals surface area (Å²) in [7, 11) is 0. The zero-order chi connectivity index (χ0) is 15.5. The number of rotatable bonds is 3. The zero-order valence-electron chi connectivity index (χ0n) is 10.3. The highest BCUT2D eigenvalue weighted by molar-refractivity contribution is 9.10. The summed E-state index contributed by atoms with van der Waals surface area (Å²) >= 11 is 3.22. The van der Waals surface area contributed by atoms with Crippen molar-refractivity contribution >= 4 is 15.9 Å². The Labute approximate surface area is 126 Å². The van der Waals surface area contributed by atoms with E-state index in [4.69, 9.17) is 10.00 Å². The van der Waals surface area contributed by atoms with Crippen LogP contribution in [0, 0.1) is 11.3 Å². The van der Waals surface area contributed by atoms with Gasteiger partial charge in [0.25, 0.3) is 0 Å². The van der Waals surface area contributed by atoms with Gasteiger partial charge in [-0.2, -0.15) is 5.26 Å². The van der Waals surface area contributed by atoms with E-state index >= 15 is 0 Å². The number of hydrogen-bond donors (Lipinski definition) is 0. The minimum Gasteiger partial charge on any atom is -0.457 e. The molecule has 108 valence electrons. The highest BCUT2D eigenvalue weighted by atomic mass is 79.9. The summed E-state index contributed by atoms with van der Waals surface area (Å²) < 4.78 is 45.9. The summed E-state index contributed by atoms with van der Waals surface area (Å²) in [6.45, 7) is 0. The third-order valence-corrected chi connectivity index (χ3v) is 3.01. The van der Waals surface area contributed by atoms with Crippen molar-refractivity contribution in [1.82, 2.24) is 0 Å². The molecule has 2 aromatic carbocycles. The summed E-state index contributed by atoms with van der Waals surface area (Å²) in [5.74, 6) is 0.474. The molecule has 0 aliphatic rings. The van der Waals surface area contributed by atoms with Gasteiger partial charge >= 0.3 is 6.36 Å². The fourth-order valence-electron chi connectivity index (χ4n) is 1.50. The second-order valence-electron chi connectivity index (χ2n) is 3.87. The molecule has 3 nitrogen and oxygen atoms in total. The predicted octanol–water partition coefficient (Wildman–Crippen LogP) is 5.01. The van der Waals surface area contributed by atoms with E-state index in [1.165, 1.54) is 12.1 Å². The van der Waals surface area contributed by atoms with Crippen LogP contribution >= 0.6 is 15.9 Å². The number of benzene rings is 2. The van der Waals surface area contributed by atoms with Crippen molar-refractivity contribution in [3.05, 3.63) is 52.5 Å². The Balaban J connectivity index is 2.10. The maximum Gasteiger partial charge on any atom is 0.573 e. The minimum atomic E-state index is -4.72. The summed E-state index contributed by atoms with van der Waals surface area (Å²) in [6, 6.07) is 11.8. The van der Waals surface area contributed by atoms with E-state index < -0.39 is 6.36 Å². The Morgan fingerprint density at radius 2 is 1.52 bits per heavy atom. The molecule has 0 radical (unpaired) electrons. The van der Waals surface area contributed by atoms with E-state index in [1.807, 2.05) is 6.07 Å². The highest BCUT2D eigenvalue weighted by Crippen LogP contribution is 2.29. The predicted molar refractivity (Wildman–Crippen MR) is 72.1 cm³/mol. The van der Waals surface area contributed by atoms with Gasteiger partial charge in [-0.3, -0.25) is 0 Å². The molecule has 0 unspecified atom stereocenters. The fraction of sp³-hybridized carbons (Fsp3) is 0.0714. The molecule has 0 atom stereocenters. The second kappa shape index (κ2) is 6.06. The van der Waals surface area contributed by atoms with Crippen molar-refractivity contribution in [2.45, 2.75) is 6.36 Å². The van der Waals surface area contributed by atoms with Crippen LogP contribution in [-0.2, 0) is 0 Å². The first-order valence-corrected chi connectivity index (χ1v) is 6.40. The van der Waals surface area contributed by atoms with Crippen LogP contribution in [0.2, 0.25) is 0 Å². The van der Waals surface area contributed by atoms with Gasteiger partial charge in [0, 0.05) is 4.47 Å². The molecule has 0 saturated heterocycles. The number of halogens is 4. The molecule has 0 saturated carbocycles. The van der Waals surface area contributed by atoms with Crippen molar-refractivity contribution < 1.29 is 22.6 Å². The lowest BCUT2D eigenvalue weighted by Gasteiger charge is -2.10. The van der Waals surface area contributed by atoms with Gasteiger partial charge in [0.05, 0.1) is 5.56 Å². The SMILES string of the molecule is N#Cc1ccc(Oc2ccc(OC(F)(F)F)cc2)cc1Br. The molecule has 0 amide bonds. The molecule has 21 heavy (non-hydrogen) atoms. The smallest absolute Gasteiger partial charge is 0.457 e. The zero-order valence-corrected chi connectivity index (χ0v) is 11.9. The lowest BCUT2D eigenvalue weighted by Crippen LogP contribution is -2.16. The number of nitrogens with zero attached hydrogens (tertiary/aromatic N) is 1. The third-order valence-electron chi connectivity index (χ3n) is 2.35. The second-order valence-corrected chi connectivity index (χ2v) is 4.73. The first-order valence-electron chi connectivity index (χ1n) is 5.61. The molecule has 0 aromatic heterocycles. The standard InChI is InChI=1S/C14H7BrF3NO2/c15-13-7-12(2-1-9(13)8-19)20-10-3-5-11(6-4-10)21-14(16,17)18/h1-7H. The lowest BCUT2D eigenvalue weighted by molar-refractivity contribution is -0.274. The van der Waals surface area contributed by atoms with Crippen LogP contribution in [0.4, 0.5) is 13.2 Å². The summed E-state index contributed by atoms with van der Waals surface area (Å²) in [5.41, 5.74) is 0.455. The van der Waals surface area contributed by atoms with Gasteiger partial charge in [-0.1, -0.05) is 0 Å². The number of alkyl halides is 3.